The van der Waals surface area contributed by atoms with Gasteiger partial charge in [-0.05, 0) is 24.6 Å². The molecule has 0 amide bonds. The van der Waals surface area contributed by atoms with Gasteiger partial charge in [0.2, 0.25) is 10.0 Å². The Morgan fingerprint density at radius 1 is 1.29 bits per heavy atom. The summed E-state index contributed by atoms with van der Waals surface area (Å²) < 4.78 is 31.3. The molecule has 0 atom stereocenters. The SMILES string of the molecule is Cc1ccc([NH])cc1S(=O)(=O)N1CCOCC1. The molecule has 0 saturated carbocycles. The van der Waals surface area contributed by atoms with Gasteiger partial charge in [-0.2, -0.15) is 4.31 Å². The summed E-state index contributed by atoms with van der Waals surface area (Å²) in [6.07, 6.45) is 0. The summed E-state index contributed by atoms with van der Waals surface area (Å²) in [5, 5.41) is 0. The highest BCUT2D eigenvalue weighted by Crippen LogP contribution is 2.23. The first-order valence-electron chi connectivity index (χ1n) is 5.42. The van der Waals surface area contributed by atoms with Crippen LogP contribution in [0.5, 0.6) is 0 Å². The summed E-state index contributed by atoms with van der Waals surface area (Å²) >= 11 is 0. The molecule has 0 spiro atoms. The van der Waals surface area contributed by atoms with Crippen molar-refractivity contribution in [2.75, 3.05) is 26.3 Å². The summed E-state index contributed by atoms with van der Waals surface area (Å²) in [6, 6.07) is 4.66. The van der Waals surface area contributed by atoms with Gasteiger partial charge in [0.15, 0.2) is 0 Å². The van der Waals surface area contributed by atoms with Crippen LogP contribution in [0.25, 0.3) is 0 Å². The summed E-state index contributed by atoms with van der Waals surface area (Å²) in [5.41, 5.74) is 8.40. The Labute approximate surface area is 101 Å². The van der Waals surface area contributed by atoms with Crippen molar-refractivity contribution in [2.24, 2.45) is 0 Å². The van der Waals surface area contributed by atoms with Gasteiger partial charge in [-0.25, -0.2) is 8.42 Å². The summed E-state index contributed by atoms with van der Waals surface area (Å²) in [6.45, 7) is 3.36. The van der Waals surface area contributed by atoms with Gasteiger partial charge >= 0.3 is 0 Å². The molecule has 1 aliphatic rings. The highest BCUT2D eigenvalue weighted by Gasteiger charge is 2.27. The second kappa shape index (κ2) is 4.64. The number of hydrogen-bond acceptors (Lipinski definition) is 3. The molecule has 1 heterocycles. The van der Waals surface area contributed by atoms with E-state index in [0.29, 0.717) is 31.9 Å². The molecule has 6 heteroatoms. The number of ether oxygens (including phenoxy) is 1. The number of benzene rings is 1. The number of hydrogen-bond donors (Lipinski definition) is 0. The molecular formula is C11H15N2O3S. The third-order valence-electron chi connectivity index (χ3n) is 2.78. The molecule has 0 aliphatic carbocycles. The smallest absolute Gasteiger partial charge is 0.243 e. The summed E-state index contributed by atoms with van der Waals surface area (Å²) in [5.74, 6) is 0. The maximum absolute atomic E-state index is 12.3. The van der Waals surface area contributed by atoms with Crippen molar-refractivity contribution >= 4 is 15.7 Å². The van der Waals surface area contributed by atoms with Crippen LogP contribution in [-0.2, 0) is 14.8 Å². The lowest BCUT2D eigenvalue weighted by atomic mass is 10.2. The molecule has 5 nitrogen and oxygen atoms in total. The van der Waals surface area contributed by atoms with E-state index < -0.39 is 10.0 Å². The molecule has 1 aromatic rings. The standard InChI is InChI=1S/C11H15N2O3S/c1-9-2-3-10(12)8-11(9)17(14,15)13-4-6-16-7-5-13/h2-3,8,12H,4-7H2,1H3. The predicted molar refractivity (Wildman–Crippen MR) is 63.5 cm³/mol. The minimum absolute atomic E-state index is 0.211. The van der Waals surface area contributed by atoms with E-state index >= 15 is 0 Å². The molecule has 93 valence electrons. The molecule has 0 aromatic heterocycles. The van der Waals surface area contributed by atoms with Crippen molar-refractivity contribution < 1.29 is 13.2 Å². The van der Waals surface area contributed by atoms with Crippen LogP contribution in [0.3, 0.4) is 0 Å². The van der Waals surface area contributed by atoms with Crippen LogP contribution in [0.1, 0.15) is 5.56 Å². The molecule has 1 fully saturated rings. The highest BCUT2D eigenvalue weighted by molar-refractivity contribution is 7.89. The molecule has 0 unspecified atom stereocenters. The molecule has 1 aliphatic heterocycles. The van der Waals surface area contributed by atoms with Crippen LogP contribution in [0.4, 0.5) is 5.69 Å². The fraction of sp³-hybridized carbons (Fsp3) is 0.455. The lowest BCUT2D eigenvalue weighted by Crippen LogP contribution is -2.40. The highest BCUT2D eigenvalue weighted by atomic mass is 32.2. The van der Waals surface area contributed by atoms with E-state index in [1.54, 1.807) is 19.1 Å². The van der Waals surface area contributed by atoms with E-state index in [1.165, 1.54) is 10.4 Å². The number of aryl methyl sites for hydroxylation is 1. The minimum atomic E-state index is -3.48. The van der Waals surface area contributed by atoms with Crippen LogP contribution in [0, 0.1) is 6.92 Å². The molecule has 1 N–H and O–H groups in total. The Morgan fingerprint density at radius 3 is 2.59 bits per heavy atom. The Bertz CT molecular complexity index is 507. The molecule has 0 bridgehead atoms. The first-order valence-corrected chi connectivity index (χ1v) is 6.86. The fourth-order valence-electron chi connectivity index (χ4n) is 1.80. The zero-order chi connectivity index (χ0) is 12.5. The Kier molecular flexibility index (Phi) is 3.37. The number of morpholine rings is 1. The average Bonchev–Trinajstić information content (AvgIpc) is 2.33. The van der Waals surface area contributed by atoms with Gasteiger partial charge in [0.1, 0.15) is 0 Å². The van der Waals surface area contributed by atoms with E-state index in [-0.39, 0.29) is 10.6 Å². The van der Waals surface area contributed by atoms with Crippen molar-refractivity contribution in [1.29, 1.82) is 0 Å². The molecule has 17 heavy (non-hydrogen) atoms. The van der Waals surface area contributed by atoms with Gasteiger partial charge in [-0.3, -0.25) is 0 Å². The topological polar surface area (TPSA) is 70.4 Å². The lowest BCUT2D eigenvalue weighted by Gasteiger charge is -2.26. The Hall–Kier alpha value is -1.11. The quantitative estimate of drug-likeness (QED) is 0.789. The van der Waals surface area contributed by atoms with Crippen molar-refractivity contribution in [2.45, 2.75) is 11.8 Å². The van der Waals surface area contributed by atoms with Gasteiger partial charge < -0.3 is 10.5 Å². The normalized spacial score (nSPS) is 18.2. The molecule has 1 radical (unpaired) electrons. The van der Waals surface area contributed by atoms with Crippen LogP contribution in [0.2, 0.25) is 0 Å². The lowest BCUT2D eigenvalue weighted by molar-refractivity contribution is 0.0730. The van der Waals surface area contributed by atoms with E-state index in [1.807, 2.05) is 0 Å². The zero-order valence-electron chi connectivity index (χ0n) is 9.64. The van der Waals surface area contributed by atoms with E-state index in [4.69, 9.17) is 10.5 Å². The minimum Gasteiger partial charge on any atom is -0.379 e. The molecule has 1 saturated heterocycles. The van der Waals surface area contributed by atoms with Crippen LogP contribution < -0.4 is 5.73 Å². The second-order valence-corrected chi connectivity index (χ2v) is 5.90. The number of rotatable bonds is 2. The fourth-order valence-corrected chi connectivity index (χ4v) is 3.46. The molecule has 2 rings (SSSR count). The third kappa shape index (κ3) is 2.43. The first kappa shape index (κ1) is 12.3. The van der Waals surface area contributed by atoms with Gasteiger partial charge in [0, 0.05) is 13.1 Å². The number of nitrogens with zero attached hydrogens (tertiary/aromatic N) is 1. The Balaban J connectivity index is 2.40. The monoisotopic (exact) mass is 255 g/mol. The maximum Gasteiger partial charge on any atom is 0.243 e. The number of nitrogens with one attached hydrogen (secondary N) is 1. The first-order chi connectivity index (χ1) is 8.01. The Morgan fingerprint density at radius 2 is 1.94 bits per heavy atom. The maximum atomic E-state index is 12.3. The van der Waals surface area contributed by atoms with Crippen molar-refractivity contribution in [1.82, 2.24) is 10.0 Å². The predicted octanol–water partition coefficient (Wildman–Crippen LogP) is 0.930. The average molecular weight is 255 g/mol. The largest absolute Gasteiger partial charge is 0.379 e. The van der Waals surface area contributed by atoms with Crippen molar-refractivity contribution in [3.05, 3.63) is 23.8 Å². The van der Waals surface area contributed by atoms with Crippen LogP contribution in [0.15, 0.2) is 23.1 Å². The van der Waals surface area contributed by atoms with Gasteiger partial charge in [0.25, 0.3) is 0 Å². The third-order valence-corrected chi connectivity index (χ3v) is 4.82. The van der Waals surface area contributed by atoms with Crippen molar-refractivity contribution in [3.8, 4) is 0 Å². The summed E-state index contributed by atoms with van der Waals surface area (Å²) in [4.78, 5) is 0.229. The van der Waals surface area contributed by atoms with E-state index in [2.05, 4.69) is 0 Å². The summed E-state index contributed by atoms with van der Waals surface area (Å²) in [7, 11) is -3.48. The van der Waals surface area contributed by atoms with Gasteiger partial charge in [-0.1, -0.05) is 6.07 Å². The number of sulfonamides is 1. The van der Waals surface area contributed by atoms with E-state index in [0.717, 1.165) is 0 Å². The van der Waals surface area contributed by atoms with Crippen LogP contribution in [-0.4, -0.2) is 39.0 Å². The molecular weight excluding hydrogens is 240 g/mol. The second-order valence-electron chi connectivity index (χ2n) is 4.00. The van der Waals surface area contributed by atoms with Gasteiger partial charge in [0.05, 0.1) is 23.8 Å². The van der Waals surface area contributed by atoms with E-state index in [9.17, 15) is 8.42 Å². The molecule has 1 aromatic carbocycles. The zero-order valence-corrected chi connectivity index (χ0v) is 10.5. The van der Waals surface area contributed by atoms with Gasteiger partial charge in [-0.15, -0.1) is 0 Å². The van der Waals surface area contributed by atoms with Crippen molar-refractivity contribution in [3.63, 3.8) is 0 Å². The van der Waals surface area contributed by atoms with Crippen LogP contribution >= 0.6 is 0 Å².